The average Bonchev–Trinajstić information content (AvgIpc) is 2.73. The first kappa shape index (κ1) is 11.9. The summed E-state index contributed by atoms with van der Waals surface area (Å²) in [6.45, 7) is 0.511. The van der Waals surface area contributed by atoms with E-state index in [9.17, 15) is 4.79 Å². The SMILES string of the molecule is Cn1ccc(CNC(=O)c2ccc(Br)cn2)c1. The Morgan fingerprint density at radius 3 is 2.88 bits per heavy atom. The quantitative estimate of drug-likeness (QED) is 0.942. The summed E-state index contributed by atoms with van der Waals surface area (Å²) in [5.74, 6) is -0.165. The second-order valence-electron chi connectivity index (χ2n) is 3.73. The van der Waals surface area contributed by atoms with E-state index in [1.54, 1.807) is 18.3 Å². The van der Waals surface area contributed by atoms with Crippen molar-refractivity contribution in [3.63, 3.8) is 0 Å². The van der Waals surface area contributed by atoms with Crippen LogP contribution in [-0.2, 0) is 13.6 Å². The minimum atomic E-state index is -0.165. The Hall–Kier alpha value is -1.62. The molecule has 0 saturated carbocycles. The minimum Gasteiger partial charge on any atom is -0.357 e. The van der Waals surface area contributed by atoms with E-state index >= 15 is 0 Å². The minimum absolute atomic E-state index is 0.165. The Kier molecular flexibility index (Phi) is 3.58. The zero-order valence-electron chi connectivity index (χ0n) is 9.35. The molecule has 88 valence electrons. The highest BCUT2D eigenvalue weighted by molar-refractivity contribution is 9.10. The highest BCUT2D eigenvalue weighted by Crippen LogP contribution is 2.07. The van der Waals surface area contributed by atoms with Crippen LogP contribution in [0.5, 0.6) is 0 Å². The number of nitrogens with zero attached hydrogens (tertiary/aromatic N) is 2. The van der Waals surface area contributed by atoms with Gasteiger partial charge < -0.3 is 9.88 Å². The van der Waals surface area contributed by atoms with Crippen molar-refractivity contribution in [1.82, 2.24) is 14.9 Å². The van der Waals surface area contributed by atoms with Crippen LogP contribution in [-0.4, -0.2) is 15.5 Å². The van der Waals surface area contributed by atoms with Crippen LogP contribution in [0.1, 0.15) is 16.1 Å². The van der Waals surface area contributed by atoms with Crippen molar-refractivity contribution in [3.8, 4) is 0 Å². The maximum atomic E-state index is 11.7. The van der Waals surface area contributed by atoms with Crippen LogP contribution in [0.2, 0.25) is 0 Å². The third-order valence-electron chi connectivity index (χ3n) is 2.31. The predicted octanol–water partition coefficient (Wildman–Crippen LogP) is 2.11. The number of halogens is 1. The zero-order chi connectivity index (χ0) is 12.3. The molecule has 5 heteroatoms. The molecule has 0 aliphatic heterocycles. The molecule has 0 aliphatic carbocycles. The van der Waals surface area contributed by atoms with Crippen LogP contribution >= 0.6 is 15.9 Å². The van der Waals surface area contributed by atoms with E-state index in [4.69, 9.17) is 0 Å². The van der Waals surface area contributed by atoms with E-state index in [-0.39, 0.29) is 5.91 Å². The van der Waals surface area contributed by atoms with Crippen molar-refractivity contribution in [2.75, 3.05) is 0 Å². The fourth-order valence-electron chi connectivity index (χ4n) is 1.45. The second kappa shape index (κ2) is 5.14. The molecule has 0 radical (unpaired) electrons. The van der Waals surface area contributed by atoms with Gasteiger partial charge >= 0.3 is 0 Å². The summed E-state index contributed by atoms with van der Waals surface area (Å²) >= 11 is 3.28. The number of nitrogens with one attached hydrogen (secondary N) is 1. The lowest BCUT2D eigenvalue weighted by Crippen LogP contribution is -2.23. The Morgan fingerprint density at radius 1 is 1.47 bits per heavy atom. The molecule has 0 fully saturated rings. The summed E-state index contributed by atoms with van der Waals surface area (Å²) in [5.41, 5.74) is 1.49. The van der Waals surface area contributed by atoms with Gasteiger partial charge in [-0.3, -0.25) is 4.79 Å². The van der Waals surface area contributed by atoms with Gasteiger partial charge in [0.25, 0.3) is 5.91 Å². The van der Waals surface area contributed by atoms with Crippen molar-refractivity contribution >= 4 is 21.8 Å². The molecule has 2 aromatic rings. The molecular weight excluding hydrogens is 282 g/mol. The van der Waals surface area contributed by atoms with Crippen LogP contribution in [0.15, 0.2) is 41.3 Å². The first-order valence-corrected chi connectivity index (χ1v) is 5.95. The molecule has 1 amide bonds. The molecule has 0 saturated heterocycles. The maximum absolute atomic E-state index is 11.7. The summed E-state index contributed by atoms with van der Waals surface area (Å²) < 4.78 is 2.80. The summed E-state index contributed by atoms with van der Waals surface area (Å²) in [7, 11) is 1.95. The largest absolute Gasteiger partial charge is 0.357 e. The van der Waals surface area contributed by atoms with Gasteiger partial charge in [-0.05, 0) is 39.7 Å². The fraction of sp³-hybridized carbons (Fsp3) is 0.167. The molecule has 17 heavy (non-hydrogen) atoms. The molecule has 0 unspecified atom stereocenters. The normalized spacial score (nSPS) is 10.2. The first-order valence-electron chi connectivity index (χ1n) is 5.16. The molecule has 1 N–H and O–H groups in total. The molecule has 2 heterocycles. The second-order valence-corrected chi connectivity index (χ2v) is 4.65. The van der Waals surface area contributed by atoms with Gasteiger partial charge in [-0.25, -0.2) is 4.98 Å². The lowest BCUT2D eigenvalue weighted by molar-refractivity contribution is 0.0946. The summed E-state index contributed by atoms with van der Waals surface area (Å²) in [4.78, 5) is 15.8. The summed E-state index contributed by atoms with van der Waals surface area (Å²) in [6.07, 6.45) is 5.52. The Balaban J connectivity index is 1.95. The number of hydrogen-bond acceptors (Lipinski definition) is 2. The highest BCUT2D eigenvalue weighted by atomic mass is 79.9. The zero-order valence-corrected chi connectivity index (χ0v) is 10.9. The number of carbonyl (C=O) groups is 1. The third-order valence-corrected chi connectivity index (χ3v) is 2.78. The van der Waals surface area contributed by atoms with Crippen molar-refractivity contribution in [2.45, 2.75) is 6.54 Å². The Labute approximate surface area is 108 Å². The van der Waals surface area contributed by atoms with Crippen molar-refractivity contribution < 1.29 is 4.79 Å². The van der Waals surface area contributed by atoms with Crippen LogP contribution in [0.25, 0.3) is 0 Å². The van der Waals surface area contributed by atoms with Crippen molar-refractivity contribution in [3.05, 3.63) is 52.5 Å². The molecule has 0 aliphatic rings. The average molecular weight is 294 g/mol. The molecular formula is C12H12BrN3O. The lowest BCUT2D eigenvalue weighted by Gasteiger charge is -2.03. The maximum Gasteiger partial charge on any atom is 0.270 e. The highest BCUT2D eigenvalue weighted by Gasteiger charge is 2.06. The van der Waals surface area contributed by atoms with Gasteiger partial charge in [0, 0.05) is 36.7 Å². The van der Waals surface area contributed by atoms with Gasteiger partial charge in [-0.15, -0.1) is 0 Å². The fourth-order valence-corrected chi connectivity index (χ4v) is 1.68. The Bertz CT molecular complexity index is 519. The van der Waals surface area contributed by atoms with Crippen molar-refractivity contribution in [1.29, 1.82) is 0 Å². The van der Waals surface area contributed by atoms with Crippen molar-refractivity contribution in [2.24, 2.45) is 7.05 Å². The van der Waals surface area contributed by atoms with E-state index < -0.39 is 0 Å². The van der Waals surface area contributed by atoms with E-state index in [0.717, 1.165) is 10.0 Å². The van der Waals surface area contributed by atoms with E-state index in [1.165, 1.54) is 0 Å². The smallest absolute Gasteiger partial charge is 0.270 e. The van der Waals surface area contributed by atoms with E-state index in [2.05, 4.69) is 26.2 Å². The number of pyridine rings is 1. The predicted molar refractivity (Wildman–Crippen MR) is 68.5 cm³/mol. The van der Waals surface area contributed by atoms with Crippen LogP contribution in [0.4, 0.5) is 0 Å². The molecule has 0 bridgehead atoms. The number of rotatable bonds is 3. The van der Waals surface area contributed by atoms with Gasteiger partial charge in [0.2, 0.25) is 0 Å². The molecule has 0 spiro atoms. The number of hydrogen-bond donors (Lipinski definition) is 1. The molecule has 2 rings (SSSR count). The summed E-state index contributed by atoms with van der Waals surface area (Å²) in [5, 5.41) is 2.82. The van der Waals surface area contributed by atoms with Crippen LogP contribution < -0.4 is 5.32 Å². The summed E-state index contributed by atoms with van der Waals surface area (Å²) in [6, 6.07) is 5.45. The van der Waals surface area contributed by atoms with Gasteiger partial charge in [0.1, 0.15) is 5.69 Å². The lowest BCUT2D eigenvalue weighted by atomic mass is 10.3. The van der Waals surface area contributed by atoms with Crippen LogP contribution in [0.3, 0.4) is 0 Å². The number of aryl methyl sites for hydroxylation is 1. The van der Waals surface area contributed by atoms with E-state index in [0.29, 0.717) is 12.2 Å². The van der Waals surface area contributed by atoms with E-state index in [1.807, 2.05) is 30.1 Å². The molecule has 0 atom stereocenters. The third kappa shape index (κ3) is 3.17. The molecule has 0 aromatic carbocycles. The molecule has 4 nitrogen and oxygen atoms in total. The van der Waals surface area contributed by atoms with Gasteiger partial charge in [-0.2, -0.15) is 0 Å². The topological polar surface area (TPSA) is 46.9 Å². The number of amides is 1. The monoisotopic (exact) mass is 293 g/mol. The molecule has 2 aromatic heterocycles. The van der Waals surface area contributed by atoms with Gasteiger partial charge in [-0.1, -0.05) is 0 Å². The van der Waals surface area contributed by atoms with Gasteiger partial charge in [0.05, 0.1) is 0 Å². The van der Waals surface area contributed by atoms with Gasteiger partial charge in [0.15, 0.2) is 0 Å². The number of aromatic nitrogens is 2. The number of carbonyl (C=O) groups excluding carboxylic acids is 1. The first-order chi connectivity index (χ1) is 8.15. The standard InChI is InChI=1S/C12H12BrN3O/c1-16-5-4-9(8-16)6-15-12(17)11-3-2-10(13)7-14-11/h2-5,7-8H,6H2,1H3,(H,15,17). The Morgan fingerprint density at radius 2 is 2.29 bits per heavy atom. The van der Waals surface area contributed by atoms with Crippen LogP contribution in [0, 0.1) is 0 Å².